The molecule has 0 aliphatic heterocycles. The number of sulfonamides is 1. The van der Waals surface area contributed by atoms with Crippen LogP contribution in [0.1, 0.15) is 5.56 Å². The van der Waals surface area contributed by atoms with Crippen LogP contribution in [-0.4, -0.2) is 49.6 Å². The van der Waals surface area contributed by atoms with Crippen molar-refractivity contribution in [2.75, 3.05) is 26.0 Å². The first-order chi connectivity index (χ1) is 13.6. The molecule has 0 saturated carbocycles. The molecule has 8 nitrogen and oxygen atoms in total. The summed E-state index contributed by atoms with van der Waals surface area (Å²) in [6, 6.07) is 10.0. The number of anilines is 1. The van der Waals surface area contributed by atoms with E-state index in [1.54, 1.807) is 41.2 Å². The summed E-state index contributed by atoms with van der Waals surface area (Å²) in [5.41, 5.74) is 1.41. The maximum atomic E-state index is 12.4. The average Bonchev–Trinajstić information content (AvgIpc) is 3.03. The summed E-state index contributed by atoms with van der Waals surface area (Å²) in [6.45, 7) is 1.32. The van der Waals surface area contributed by atoms with Gasteiger partial charge in [0.1, 0.15) is 0 Å². The number of nitrogens with two attached hydrogens (primary N) is 1. The molecule has 0 bridgehead atoms. The highest BCUT2D eigenvalue weighted by atomic mass is 35.5. The predicted octanol–water partition coefficient (Wildman–Crippen LogP) is 2.08. The number of nitrogens with zero attached hydrogens (tertiary/aromatic N) is 3. The molecule has 0 aliphatic rings. The largest absolute Gasteiger partial charge is 0.326 e. The molecule has 10 heteroatoms. The van der Waals surface area contributed by atoms with Gasteiger partial charge >= 0.3 is 0 Å². The maximum absolute atomic E-state index is 12.4. The number of hydrogen-bond donors (Lipinski definition) is 2. The highest BCUT2D eigenvalue weighted by molar-refractivity contribution is 7.89. The van der Waals surface area contributed by atoms with Crippen LogP contribution in [0.25, 0.3) is 10.9 Å². The van der Waals surface area contributed by atoms with Crippen molar-refractivity contribution in [1.29, 1.82) is 0 Å². The van der Waals surface area contributed by atoms with Crippen LogP contribution < -0.4 is 10.5 Å². The number of nitrogens with one attached hydrogen (secondary N) is 1. The summed E-state index contributed by atoms with van der Waals surface area (Å²) in [6.07, 6.45) is 1.70. The summed E-state index contributed by atoms with van der Waals surface area (Å²) < 4.78 is 25.9. The van der Waals surface area contributed by atoms with Gasteiger partial charge in [-0.3, -0.25) is 9.48 Å². The van der Waals surface area contributed by atoms with Crippen LogP contribution in [-0.2, 0) is 27.8 Å². The Bertz CT molecular complexity index is 1160. The fraction of sp³-hybridized carbons (Fsp3) is 0.263. The second-order valence-electron chi connectivity index (χ2n) is 6.96. The minimum Gasteiger partial charge on any atom is -0.326 e. The molecule has 0 radical (unpaired) electrons. The van der Waals surface area contributed by atoms with Crippen molar-refractivity contribution in [2.24, 2.45) is 5.14 Å². The molecule has 29 heavy (non-hydrogen) atoms. The lowest BCUT2D eigenvalue weighted by Crippen LogP contribution is -2.18. The molecule has 0 saturated heterocycles. The molecule has 3 aromatic rings. The first-order valence-electron chi connectivity index (χ1n) is 8.85. The van der Waals surface area contributed by atoms with E-state index in [1.807, 2.05) is 19.0 Å². The van der Waals surface area contributed by atoms with Gasteiger partial charge < -0.3 is 10.2 Å². The van der Waals surface area contributed by atoms with Gasteiger partial charge in [0.15, 0.2) is 0 Å². The number of benzene rings is 2. The zero-order valence-corrected chi connectivity index (χ0v) is 17.7. The Morgan fingerprint density at radius 1 is 1.28 bits per heavy atom. The van der Waals surface area contributed by atoms with Gasteiger partial charge in [-0.1, -0.05) is 29.8 Å². The Hall–Kier alpha value is -2.46. The van der Waals surface area contributed by atoms with Crippen LogP contribution in [0, 0.1) is 0 Å². The van der Waals surface area contributed by atoms with Gasteiger partial charge in [0.2, 0.25) is 15.9 Å². The summed E-state index contributed by atoms with van der Waals surface area (Å²) in [4.78, 5) is 14.3. The Morgan fingerprint density at radius 2 is 2.00 bits per heavy atom. The van der Waals surface area contributed by atoms with Gasteiger partial charge in [-0.15, -0.1) is 0 Å². The van der Waals surface area contributed by atoms with Gasteiger partial charge in [0.05, 0.1) is 23.4 Å². The quantitative estimate of drug-likeness (QED) is 0.590. The topological polar surface area (TPSA) is 110 Å². The molecule has 0 atom stereocenters. The SMILES string of the molecule is CN(C)CCn1cc2c(S(N)(=O)=O)cc(NC(=O)Cc3ccccc3Cl)cc2n1. The van der Waals surface area contributed by atoms with Gasteiger partial charge in [0, 0.05) is 28.8 Å². The number of fused-ring (bicyclic) bond motifs is 1. The molecule has 2 aromatic carbocycles. The molecule has 1 heterocycles. The Kier molecular flexibility index (Phi) is 6.23. The standard InChI is InChI=1S/C19H22ClN5O3S/c1-24(2)7-8-25-12-15-17(23-25)10-14(11-18(15)29(21,27)28)22-19(26)9-13-5-3-4-6-16(13)20/h3-6,10-12H,7-9H2,1-2H3,(H,22,26)(H2,21,27,28). The van der Waals surface area contributed by atoms with E-state index in [0.717, 1.165) is 6.54 Å². The van der Waals surface area contributed by atoms with Crippen LogP contribution in [0.15, 0.2) is 47.5 Å². The van der Waals surface area contributed by atoms with E-state index in [1.165, 1.54) is 6.07 Å². The van der Waals surface area contributed by atoms with Crippen LogP contribution >= 0.6 is 11.6 Å². The fourth-order valence-electron chi connectivity index (χ4n) is 2.89. The van der Waals surface area contributed by atoms with E-state index in [0.29, 0.717) is 33.7 Å². The van der Waals surface area contributed by atoms with Gasteiger partial charge in [-0.25, -0.2) is 13.6 Å². The van der Waals surface area contributed by atoms with Crippen molar-refractivity contribution in [1.82, 2.24) is 14.7 Å². The van der Waals surface area contributed by atoms with Crippen molar-refractivity contribution >= 4 is 44.1 Å². The van der Waals surface area contributed by atoms with Crippen molar-refractivity contribution in [2.45, 2.75) is 17.9 Å². The van der Waals surface area contributed by atoms with E-state index in [-0.39, 0.29) is 17.2 Å². The maximum Gasteiger partial charge on any atom is 0.238 e. The normalized spacial score (nSPS) is 11.9. The number of primary sulfonamides is 1. The van der Waals surface area contributed by atoms with E-state index in [2.05, 4.69) is 10.4 Å². The van der Waals surface area contributed by atoms with Crippen LogP contribution in [0.2, 0.25) is 5.02 Å². The first kappa shape index (κ1) is 21.3. The number of rotatable bonds is 7. The molecule has 0 aliphatic carbocycles. The molecule has 3 rings (SSSR count). The number of halogens is 1. The van der Waals surface area contributed by atoms with Crippen molar-refractivity contribution < 1.29 is 13.2 Å². The molecule has 1 aromatic heterocycles. The lowest BCUT2D eigenvalue weighted by Gasteiger charge is -2.08. The van der Waals surface area contributed by atoms with E-state index in [4.69, 9.17) is 16.7 Å². The van der Waals surface area contributed by atoms with Crippen LogP contribution in [0.4, 0.5) is 5.69 Å². The lowest BCUT2D eigenvalue weighted by atomic mass is 10.1. The third-order valence-electron chi connectivity index (χ3n) is 4.31. The number of likely N-dealkylation sites (N-methyl/N-ethyl adjacent to an activating group) is 1. The average molecular weight is 436 g/mol. The van der Waals surface area contributed by atoms with Crippen molar-refractivity contribution in [3.8, 4) is 0 Å². The molecule has 3 N–H and O–H groups in total. The highest BCUT2D eigenvalue weighted by Crippen LogP contribution is 2.26. The second-order valence-corrected chi connectivity index (χ2v) is 8.90. The Morgan fingerprint density at radius 3 is 2.66 bits per heavy atom. The summed E-state index contributed by atoms with van der Waals surface area (Å²) in [5, 5.41) is 13.4. The number of amides is 1. The molecule has 0 unspecified atom stereocenters. The zero-order chi connectivity index (χ0) is 21.2. The zero-order valence-electron chi connectivity index (χ0n) is 16.1. The highest BCUT2D eigenvalue weighted by Gasteiger charge is 2.18. The first-order valence-corrected chi connectivity index (χ1v) is 10.8. The van der Waals surface area contributed by atoms with Gasteiger partial charge in [-0.05, 0) is 37.9 Å². The lowest BCUT2D eigenvalue weighted by molar-refractivity contribution is -0.115. The Labute approximate surface area is 174 Å². The Balaban J connectivity index is 1.91. The molecule has 1 amide bonds. The van der Waals surface area contributed by atoms with E-state index in [9.17, 15) is 13.2 Å². The number of carbonyl (C=O) groups is 1. The molecule has 0 fully saturated rings. The van der Waals surface area contributed by atoms with E-state index >= 15 is 0 Å². The number of aromatic nitrogens is 2. The van der Waals surface area contributed by atoms with Gasteiger partial charge in [0.25, 0.3) is 0 Å². The molecular weight excluding hydrogens is 414 g/mol. The molecule has 0 spiro atoms. The van der Waals surface area contributed by atoms with Crippen molar-refractivity contribution in [3.63, 3.8) is 0 Å². The predicted molar refractivity (Wildman–Crippen MR) is 113 cm³/mol. The van der Waals surface area contributed by atoms with Crippen molar-refractivity contribution in [3.05, 3.63) is 53.2 Å². The minimum absolute atomic E-state index is 0.0553. The number of hydrogen-bond acceptors (Lipinski definition) is 5. The van der Waals surface area contributed by atoms with Crippen LogP contribution in [0.3, 0.4) is 0 Å². The molecular formula is C19H22ClN5O3S. The van der Waals surface area contributed by atoms with Gasteiger partial charge in [-0.2, -0.15) is 5.10 Å². The summed E-state index contributed by atoms with van der Waals surface area (Å²) in [7, 11) is -0.135. The van der Waals surface area contributed by atoms with E-state index < -0.39 is 10.0 Å². The monoisotopic (exact) mass is 435 g/mol. The smallest absolute Gasteiger partial charge is 0.238 e. The van der Waals surface area contributed by atoms with Crippen LogP contribution in [0.5, 0.6) is 0 Å². The number of carbonyl (C=O) groups excluding carboxylic acids is 1. The molecule has 154 valence electrons. The minimum atomic E-state index is -4.01. The summed E-state index contributed by atoms with van der Waals surface area (Å²) in [5.74, 6) is -0.329. The fourth-order valence-corrected chi connectivity index (χ4v) is 3.84. The second kappa shape index (κ2) is 8.50. The third kappa shape index (κ3) is 5.33. The third-order valence-corrected chi connectivity index (χ3v) is 5.63. The summed E-state index contributed by atoms with van der Waals surface area (Å²) >= 11 is 6.10.